The molecule has 1 aliphatic rings. The number of hydrogen-bond donors (Lipinski definition) is 1. The fourth-order valence-corrected chi connectivity index (χ4v) is 5.53. The smallest absolute Gasteiger partial charge is 0.322 e. The molecule has 4 aromatic rings. The minimum Gasteiger partial charge on any atom is -0.379 e. The Morgan fingerprint density at radius 2 is 1.73 bits per heavy atom. The van der Waals surface area contributed by atoms with Gasteiger partial charge in [0.2, 0.25) is 0 Å². The number of carbonyl (C=O) groups is 1. The van der Waals surface area contributed by atoms with E-state index in [1.807, 2.05) is 12.1 Å². The summed E-state index contributed by atoms with van der Waals surface area (Å²) in [5, 5.41) is 3.15. The van der Waals surface area contributed by atoms with Crippen LogP contribution in [0.1, 0.15) is 5.56 Å². The van der Waals surface area contributed by atoms with Gasteiger partial charge < -0.3 is 14.9 Å². The van der Waals surface area contributed by atoms with Crippen molar-refractivity contribution in [1.29, 1.82) is 0 Å². The van der Waals surface area contributed by atoms with Crippen LogP contribution in [-0.2, 0) is 30.9 Å². The Labute approximate surface area is 231 Å². The number of rotatable bonds is 10. The summed E-state index contributed by atoms with van der Waals surface area (Å²) in [6.45, 7) is 4.19. The molecule has 0 aliphatic carbocycles. The van der Waals surface area contributed by atoms with Crippen LogP contribution in [0.3, 0.4) is 0 Å². The highest BCUT2D eigenvalue weighted by Gasteiger charge is 2.29. The van der Waals surface area contributed by atoms with Gasteiger partial charge in [-0.25, -0.2) is 14.4 Å². The van der Waals surface area contributed by atoms with Crippen LogP contribution in [0, 0.1) is 5.82 Å². The number of hydrogen-bond acceptors (Lipinski definition) is 9. The van der Waals surface area contributed by atoms with Crippen molar-refractivity contribution in [3.8, 4) is 11.3 Å². The first-order valence-electron chi connectivity index (χ1n) is 12.4. The number of aromatic nitrogens is 2. The molecule has 1 aliphatic heterocycles. The Balaban J connectivity index is 1.29. The van der Waals surface area contributed by atoms with Gasteiger partial charge in [-0.15, -0.1) is 0 Å². The van der Waals surface area contributed by atoms with Crippen molar-refractivity contribution in [3.63, 3.8) is 0 Å². The number of morpholine rings is 1. The molecule has 1 saturated heterocycles. The molecular weight excluding hydrogens is 537 g/mol. The van der Waals surface area contributed by atoms with Crippen LogP contribution in [0.5, 0.6) is 0 Å². The average Bonchev–Trinajstić information content (AvgIpc) is 2.98. The lowest BCUT2D eigenvalue weighted by Crippen LogP contribution is -2.35. The summed E-state index contributed by atoms with van der Waals surface area (Å²) in [7, 11) is -4.51. The van der Waals surface area contributed by atoms with Gasteiger partial charge in [0.1, 0.15) is 22.9 Å². The van der Waals surface area contributed by atoms with E-state index in [1.54, 1.807) is 18.2 Å². The predicted octanol–water partition coefficient (Wildman–Crippen LogP) is 4.14. The molecule has 1 aromatic heterocycles. The lowest BCUT2D eigenvalue weighted by Gasteiger charge is -2.26. The van der Waals surface area contributed by atoms with Gasteiger partial charge >= 0.3 is 6.47 Å². The number of halogens is 1. The summed E-state index contributed by atoms with van der Waals surface area (Å²) in [4.78, 5) is 26.2. The molecule has 12 heteroatoms. The fourth-order valence-electron chi connectivity index (χ4n) is 4.23. The zero-order valence-corrected chi connectivity index (χ0v) is 22.1. The molecule has 0 unspecified atom stereocenters. The van der Waals surface area contributed by atoms with E-state index in [-0.39, 0.29) is 12.2 Å². The molecule has 0 amide bonds. The van der Waals surface area contributed by atoms with Gasteiger partial charge in [0.05, 0.1) is 24.6 Å². The molecule has 2 heterocycles. The second-order valence-corrected chi connectivity index (χ2v) is 10.6. The Kier molecular flexibility index (Phi) is 8.29. The van der Waals surface area contributed by atoms with E-state index in [4.69, 9.17) is 9.57 Å². The summed E-state index contributed by atoms with van der Waals surface area (Å²) >= 11 is 0. The normalized spacial score (nSPS) is 13.9. The molecule has 0 atom stereocenters. The van der Waals surface area contributed by atoms with Crippen LogP contribution in [0.15, 0.2) is 90.1 Å². The van der Waals surface area contributed by atoms with Crippen molar-refractivity contribution in [2.75, 3.05) is 36.1 Å². The van der Waals surface area contributed by atoms with E-state index in [0.717, 1.165) is 56.2 Å². The van der Waals surface area contributed by atoms with E-state index >= 15 is 0 Å². The molecule has 0 saturated carbocycles. The zero-order valence-electron chi connectivity index (χ0n) is 21.3. The number of ether oxygens (including phenoxy) is 1. The zero-order chi connectivity index (χ0) is 28.0. The van der Waals surface area contributed by atoms with Crippen LogP contribution in [-0.4, -0.2) is 56.1 Å². The third-order valence-electron chi connectivity index (χ3n) is 6.25. The lowest BCUT2D eigenvalue weighted by molar-refractivity contribution is -0.128. The Hall–Kier alpha value is -4.39. The number of anilines is 3. The predicted molar refractivity (Wildman–Crippen MR) is 147 cm³/mol. The van der Waals surface area contributed by atoms with Crippen LogP contribution >= 0.6 is 0 Å². The van der Waals surface area contributed by atoms with Crippen LogP contribution in [0.4, 0.5) is 21.6 Å². The van der Waals surface area contributed by atoms with E-state index in [1.165, 1.54) is 36.2 Å². The van der Waals surface area contributed by atoms with Gasteiger partial charge in [-0.05, 0) is 42.0 Å². The van der Waals surface area contributed by atoms with Crippen LogP contribution in [0.2, 0.25) is 0 Å². The average molecular weight is 564 g/mol. The standard InChI is InChI=1S/C28H26FN5O5S/c29-25-3-1-2-4-27(25)40(36,37)34(39-20-35)24-11-9-23(10-12-24)32-28-17-26(30-19-31-28)22-7-5-21(6-8-22)18-33-13-15-38-16-14-33/h1-12,17,19-20H,13-16,18H2,(H,30,31,32). The first kappa shape index (κ1) is 27.2. The van der Waals surface area contributed by atoms with E-state index in [0.29, 0.717) is 16.0 Å². The molecule has 1 fully saturated rings. The maximum absolute atomic E-state index is 14.2. The Morgan fingerprint density at radius 3 is 2.42 bits per heavy atom. The third-order valence-corrected chi connectivity index (χ3v) is 7.87. The third kappa shape index (κ3) is 6.25. The molecule has 1 N–H and O–H groups in total. The van der Waals surface area contributed by atoms with Gasteiger partial charge in [0, 0.05) is 37.0 Å². The summed E-state index contributed by atoms with van der Waals surface area (Å²) in [5.41, 5.74) is 3.47. The molecule has 0 spiro atoms. The number of sulfonamides is 1. The number of nitrogens with zero attached hydrogens (tertiary/aromatic N) is 4. The van der Waals surface area contributed by atoms with Crippen LogP contribution < -0.4 is 9.79 Å². The van der Waals surface area contributed by atoms with Crippen molar-refractivity contribution < 1.29 is 27.2 Å². The van der Waals surface area contributed by atoms with E-state index < -0.39 is 20.7 Å². The number of benzene rings is 3. The highest BCUT2D eigenvalue weighted by atomic mass is 32.2. The number of nitrogens with one attached hydrogen (secondary N) is 1. The van der Waals surface area contributed by atoms with Gasteiger partial charge in [0.15, 0.2) is 0 Å². The second kappa shape index (κ2) is 12.2. The molecule has 0 bridgehead atoms. The SMILES string of the molecule is O=CON(c1ccc(Nc2cc(-c3ccc(CN4CCOCC4)cc3)ncn2)cc1)S(=O)(=O)c1ccccc1F. The maximum Gasteiger partial charge on any atom is 0.322 e. The molecule has 206 valence electrons. The van der Waals surface area contributed by atoms with Crippen LogP contribution in [0.25, 0.3) is 11.3 Å². The van der Waals surface area contributed by atoms with Gasteiger partial charge in [-0.3, -0.25) is 9.69 Å². The monoisotopic (exact) mass is 563 g/mol. The van der Waals surface area contributed by atoms with Crippen molar-refractivity contribution in [3.05, 3.63) is 96.6 Å². The fraction of sp³-hybridized carbons (Fsp3) is 0.179. The summed E-state index contributed by atoms with van der Waals surface area (Å²) in [6, 6.07) is 20.8. The van der Waals surface area contributed by atoms with Crippen molar-refractivity contribution in [2.24, 2.45) is 0 Å². The first-order chi connectivity index (χ1) is 19.4. The minimum absolute atomic E-state index is 0.00134. The second-order valence-electron chi connectivity index (χ2n) is 8.91. The van der Waals surface area contributed by atoms with Crippen molar-refractivity contribution in [2.45, 2.75) is 11.4 Å². The van der Waals surface area contributed by atoms with E-state index in [9.17, 15) is 17.6 Å². The first-order valence-corrected chi connectivity index (χ1v) is 13.9. The van der Waals surface area contributed by atoms with Gasteiger partial charge in [-0.1, -0.05) is 40.9 Å². The van der Waals surface area contributed by atoms with Crippen molar-refractivity contribution >= 4 is 33.7 Å². The molecule has 0 radical (unpaired) electrons. The largest absolute Gasteiger partial charge is 0.379 e. The molecule has 10 nitrogen and oxygen atoms in total. The quantitative estimate of drug-likeness (QED) is 0.225. The molecule has 40 heavy (non-hydrogen) atoms. The molecular formula is C28H26FN5O5S. The Morgan fingerprint density at radius 1 is 1.00 bits per heavy atom. The van der Waals surface area contributed by atoms with Gasteiger partial charge in [-0.2, -0.15) is 8.42 Å². The summed E-state index contributed by atoms with van der Waals surface area (Å²) in [6.07, 6.45) is 1.45. The van der Waals surface area contributed by atoms with E-state index in [2.05, 4.69) is 32.3 Å². The summed E-state index contributed by atoms with van der Waals surface area (Å²) < 4.78 is 45.9. The highest BCUT2D eigenvalue weighted by molar-refractivity contribution is 7.92. The Bertz CT molecular complexity index is 1560. The summed E-state index contributed by atoms with van der Waals surface area (Å²) in [5.74, 6) is -0.443. The molecule has 5 rings (SSSR count). The van der Waals surface area contributed by atoms with Gasteiger partial charge in [0.25, 0.3) is 10.0 Å². The number of carbonyl (C=O) groups excluding carboxylic acids is 1. The minimum atomic E-state index is -4.51. The molecule has 3 aromatic carbocycles. The van der Waals surface area contributed by atoms with Crippen molar-refractivity contribution in [1.82, 2.24) is 14.9 Å². The topological polar surface area (TPSA) is 114 Å². The maximum atomic E-state index is 14.2. The lowest BCUT2D eigenvalue weighted by atomic mass is 10.1. The highest BCUT2D eigenvalue weighted by Crippen LogP contribution is 2.28.